The number of terminal acetylenes is 1. The summed E-state index contributed by atoms with van der Waals surface area (Å²) in [5.41, 5.74) is -0.115. The Balaban J connectivity index is -0.000000110. The molecule has 0 heterocycles. The van der Waals surface area contributed by atoms with Crippen molar-refractivity contribution >= 4 is 16.9 Å². The quantitative estimate of drug-likeness (QED) is 0.246. The fraction of sp³-hybridized carbons (Fsp3) is 0.833. The van der Waals surface area contributed by atoms with E-state index in [2.05, 4.69) is 72.7 Å². The lowest BCUT2D eigenvalue weighted by atomic mass is 9.89. The molecule has 0 aromatic heterocycles. The van der Waals surface area contributed by atoms with E-state index in [1.165, 1.54) is 43.9 Å². The van der Waals surface area contributed by atoms with E-state index in [0.29, 0.717) is 5.12 Å². The molecule has 1 aliphatic carbocycles. The van der Waals surface area contributed by atoms with Gasteiger partial charge in [0.25, 0.3) is 0 Å². The van der Waals surface area contributed by atoms with Crippen molar-refractivity contribution in [3.05, 3.63) is 12.7 Å². The first-order valence-electron chi connectivity index (χ1n) is 13.3. The number of carbonyl (C=O) groups excluding carboxylic acids is 1. The standard InChI is InChI=1S/C11H22OS.C7H17N.C4H8.C3H6.C3H4.C2H6/c1-5-7-8-11(3,4)10(12)13-9-6-2;1-4-5-7(2)6-8-3;1-4-2-3-4;2*1-3-2;1-2/h5-9H2,1-4H3;7-8H,4-6H2,1-3H3;4H,2-3H2,1H3;3H,1H2,2H3;1H,2H3;1-2H3. The van der Waals surface area contributed by atoms with Crippen molar-refractivity contribution in [2.75, 3.05) is 19.3 Å². The highest BCUT2D eigenvalue weighted by molar-refractivity contribution is 8.13. The van der Waals surface area contributed by atoms with Crippen molar-refractivity contribution in [1.82, 2.24) is 5.32 Å². The van der Waals surface area contributed by atoms with Crippen molar-refractivity contribution in [3.63, 3.8) is 0 Å². The van der Waals surface area contributed by atoms with Crippen molar-refractivity contribution in [2.24, 2.45) is 17.3 Å². The molecule has 1 saturated carbocycles. The van der Waals surface area contributed by atoms with E-state index in [1.807, 2.05) is 27.8 Å². The predicted molar refractivity (Wildman–Crippen MR) is 159 cm³/mol. The normalized spacial score (nSPS) is 12.0. The summed E-state index contributed by atoms with van der Waals surface area (Å²) in [7, 11) is 2.01. The summed E-state index contributed by atoms with van der Waals surface area (Å²) in [6.07, 6.45) is 16.4. The molecular weight excluding hydrogens is 422 g/mol. The molecule has 0 radical (unpaired) electrons. The Hall–Kier alpha value is -0.720. The Morgan fingerprint density at radius 2 is 1.64 bits per heavy atom. The summed E-state index contributed by atoms with van der Waals surface area (Å²) in [5, 5.41) is 3.52. The molecule has 0 aliphatic heterocycles. The van der Waals surface area contributed by atoms with Gasteiger partial charge >= 0.3 is 0 Å². The molecule has 1 atom stereocenters. The van der Waals surface area contributed by atoms with E-state index in [4.69, 9.17) is 0 Å². The molecule has 1 fully saturated rings. The van der Waals surface area contributed by atoms with E-state index >= 15 is 0 Å². The molecule has 1 N–H and O–H groups in total. The van der Waals surface area contributed by atoms with Crippen molar-refractivity contribution in [1.29, 1.82) is 0 Å². The smallest absolute Gasteiger partial charge is 0.194 e. The largest absolute Gasteiger partial charge is 0.319 e. The van der Waals surface area contributed by atoms with Crippen LogP contribution in [0.1, 0.15) is 128 Å². The maximum absolute atomic E-state index is 11.7. The van der Waals surface area contributed by atoms with Gasteiger partial charge < -0.3 is 5.32 Å². The number of rotatable bonds is 10. The minimum absolute atomic E-state index is 0.115. The van der Waals surface area contributed by atoms with E-state index in [-0.39, 0.29) is 5.41 Å². The maximum Gasteiger partial charge on any atom is 0.194 e. The number of allylic oxidation sites excluding steroid dienone is 1. The molecule has 3 heteroatoms. The number of hydrogen-bond donors (Lipinski definition) is 1. The fourth-order valence-electron chi connectivity index (χ4n) is 2.22. The molecule has 200 valence electrons. The molecule has 33 heavy (non-hydrogen) atoms. The molecule has 1 rings (SSSR count). The molecule has 0 amide bonds. The maximum atomic E-state index is 11.7. The van der Waals surface area contributed by atoms with Gasteiger partial charge in [-0.25, -0.2) is 0 Å². The van der Waals surface area contributed by atoms with Crippen LogP contribution in [0.15, 0.2) is 12.7 Å². The minimum Gasteiger partial charge on any atom is -0.319 e. The third-order valence-corrected chi connectivity index (χ3v) is 5.77. The molecule has 0 bridgehead atoms. The van der Waals surface area contributed by atoms with E-state index in [0.717, 1.165) is 43.4 Å². The number of thioether (sulfide) groups is 1. The Bertz CT molecular complexity index is 402. The zero-order valence-corrected chi connectivity index (χ0v) is 25.7. The lowest BCUT2D eigenvalue weighted by molar-refractivity contribution is -0.118. The van der Waals surface area contributed by atoms with Crippen LogP contribution in [-0.4, -0.2) is 24.5 Å². The first-order valence-corrected chi connectivity index (χ1v) is 14.3. The zero-order chi connectivity index (χ0) is 27.1. The first-order chi connectivity index (χ1) is 15.6. The summed E-state index contributed by atoms with van der Waals surface area (Å²) < 4.78 is 0. The van der Waals surface area contributed by atoms with Crippen LogP contribution in [0.4, 0.5) is 0 Å². The van der Waals surface area contributed by atoms with Gasteiger partial charge in [-0.15, -0.1) is 18.9 Å². The van der Waals surface area contributed by atoms with Crippen LogP contribution in [0.3, 0.4) is 0 Å². The number of unbranched alkanes of at least 4 members (excludes halogenated alkanes) is 1. The highest BCUT2D eigenvalue weighted by Gasteiger charge is 2.26. The van der Waals surface area contributed by atoms with Crippen LogP contribution in [0.5, 0.6) is 0 Å². The average molecular weight is 486 g/mol. The average Bonchev–Trinajstić information content (AvgIpc) is 3.56. The molecular formula is C30H63NOS. The van der Waals surface area contributed by atoms with Crippen LogP contribution in [-0.2, 0) is 4.79 Å². The molecule has 0 spiro atoms. The van der Waals surface area contributed by atoms with Crippen molar-refractivity contribution < 1.29 is 4.79 Å². The van der Waals surface area contributed by atoms with Gasteiger partial charge in [-0.1, -0.05) is 112 Å². The van der Waals surface area contributed by atoms with Gasteiger partial charge in [0.2, 0.25) is 0 Å². The molecule has 1 unspecified atom stereocenters. The van der Waals surface area contributed by atoms with Crippen LogP contribution in [0.25, 0.3) is 0 Å². The summed E-state index contributed by atoms with van der Waals surface area (Å²) >= 11 is 1.49. The Morgan fingerprint density at radius 1 is 1.21 bits per heavy atom. The second-order valence-electron chi connectivity index (χ2n) is 8.95. The summed E-state index contributed by atoms with van der Waals surface area (Å²) in [6.45, 7) is 27.3. The Labute approximate surface area is 215 Å². The van der Waals surface area contributed by atoms with E-state index in [9.17, 15) is 4.79 Å². The van der Waals surface area contributed by atoms with Gasteiger partial charge in [0.05, 0.1) is 0 Å². The van der Waals surface area contributed by atoms with Gasteiger partial charge in [0.15, 0.2) is 5.12 Å². The summed E-state index contributed by atoms with van der Waals surface area (Å²) in [5.74, 6) is 5.15. The fourth-order valence-corrected chi connectivity index (χ4v) is 3.10. The van der Waals surface area contributed by atoms with Gasteiger partial charge in [-0.2, -0.15) is 0 Å². The highest BCUT2D eigenvalue weighted by atomic mass is 32.2. The van der Waals surface area contributed by atoms with Crippen LogP contribution >= 0.6 is 11.8 Å². The highest BCUT2D eigenvalue weighted by Crippen LogP contribution is 2.29. The first kappa shape index (κ1) is 42.4. The molecule has 1 aliphatic rings. The van der Waals surface area contributed by atoms with E-state index < -0.39 is 0 Å². The van der Waals surface area contributed by atoms with Gasteiger partial charge in [0, 0.05) is 11.2 Å². The lowest BCUT2D eigenvalue weighted by Crippen LogP contribution is -2.21. The van der Waals surface area contributed by atoms with Crippen molar-refractivity contribution in [3.8, 4) is 12.3 Å². The molecule has 0 aromatic rings. The number of nitrogens with one attached hydrogen (secondary N) is 1. The third-order valence-electron chi connectivity index (χ3n) is 4.35. The number of hydrogen-bond acceptors (Lipinski definition) is 3. The summed E-state index contributed by atoms with van der Waals surface area (Å²) in [4.78, 5) is 11.7. The molecule has 2 nitrogen and oxygen atoms in total. The van der Waals surface area contributed by atoms with Gasteiger partial charge in [-0.05, 0) is 58.5 Å². The monoisotopic (exact) mass is 485 g/mol. The third kappa shape index (κ3) is 49.5. The van der Waals surface area contributed by atoms with Gasteiger partial charge in [0.1, 0.15) is 0 Å². The Morgan fingerprint density at radius 3 is 1.91 bits per heavy atom. The number of carbonyl (C=O) groups is 1. The van der Waals surface area contributed by atoms with Gasteiger partial charge in [-0.3, -0.25) is 4.79 Å². The zero-order valence-electron chi connectivity index (χ0n) is 24.9. The summed E-state index contributed by atoms with van der Waals surface area (Å²) in [6, 6.07) is 0. The SMILES string of the molecule is C#CC.C=CC.CC.CC1CC1.CCCC(C)CNC.CCCCC(C)(C)C(=O)SCCC. The minimum atomic E-state index is -0.115. The topological polar surface area (TPSA) is 29.1 Å². The molecule has 0 saturated heterocycles. The molecule has 0 aromatic carbocycles. The van der Waals surface area contributed by atoms with Crippen LogP contribution in [0.2, 0.25) is 0 Å². The van der Waals surface area contributed by atoms with Crippen LogP contribution in [0, 0.1) is 29.6 Å². The van der Waals surface area contributed by atoms with E-state index in [1.54, 1.807) is 13.0 Å². The Kier molecular flexibility index (Phi) is 46.1. The second-order valence-corrected chi connectivity index (χ2v) is 10.0. The lowest BCUT2D eigenvalue weighted by Gasteiger charge is -2.21. The van der Waals surface area contributed by atoms with Crippen LogP contribution < -0.4 is 5.32 Å². The predicted octanol–water partition coefficient (Wildman–Crippen LogP) is 9.79. The van der Waals surface area contributed by atoms with Crippen molar-refractivity contribution in [2.45, 2.75) is 128 Å². The second kappa shape index (κ2) is 35.9.